The number of benzene rings is 1. The van der Waals surface area contributed by atoms with Crippen LogP contribution in [0.1, 0.15) is 16.8 Å². The Labute approximate surface area is 118 Å². The fraction of sp³-hybridized carbons (Fsp3) is 0.267. The maximum absolute atomic E-state index is 5.91. The van der Waals surface area contributed by atoms with Crippen LogP contribution in [0.4, 0.5) is 0 Å². The minimum Gasteiger partial charge on any atom is -0.493 e. The molecule has 3 nitrogen and oxygen atoms in total. The Hall–Kier alpha value is -1.74. The highest BCUT2D eigenvalue weighted by Gasteiger charge is 2.10. The number of ether oxygens (including phenoxy) is 2. The maximum Gasteiger partial charge on any atom is 0.169 e. The lowest BCUT2D eigenvalue weighted by Crippen LogP contribution is -1.95. The van der Waals surface area contributed by atoms with Gasteiger partial charge in [-0.15, -0.1) is 11.6 Å². The van der Waals surface area contributed by atoms with Gasteiger partial charge in [0.2, 0.25) is 0 Å². The van der Waals surface area contributed by atoms with Gasteiger partial charge in [-0.05, 0) is 31.5 Å². The summed E-state index contributed by atoms with van der Waals surface area (Å²) < 4.78 is 11.2. The molecule has 100 valence electrons. The zero-order valence-corrected chi connectivity index (χ0v) is 12.0. The molecular weight excluding hydrogens is 262 g/mol. The van der Waals surface area contributed by atoms with E-state index in [1.54, 1.807) is 13.3 Å². The molecule has 0 aliphatic rings. The SMILES string of the molecule is COc1cc(C)ccc1Oc1cc(C)ncc1CCl. The van der Waals surface area contributed by atoms with E-state index in [1.807, 2.05) is 38.1 Å². The zero-order chi connectivity index (χ0) is 13.8. The van der Waals surface area contributed by atoms with Gasteiger partial charge < -0.3 is 9.47 Å². The van der Waals surface area contributed by atoms with Crippen LogP contribution in [0, 0.1) is 13.8 Å². The molecule has 0 N–H and O–H groups in total. The Balaban J connectivity index is 2.38. The molecule has 0 radical (unpaired) electrons. The van der Waals surface area contributed by atoms with Gasteiger partial charge in [-0.2, -0.15) is 0 Å². The normalized spacial score (nSPS) is 10.3. The van der Waals surface area contributed by atoms with Crippen molar-refractivity contribution < 1.29 is 9.47 Å². The molecule has 19 heavy (non-hydrogen) atoms. The van der Waals surface area contributed by atoms with Crippen LogP contribution in [-0.4, -0.2) is 12.1 Å². The number of nitrogens with zero attached hydrogens (tertiary/aromatic N) is 1. The Bertz CT molecular complexity index is 584. The maximum atomic E-state index is 5.91. The van der Waals surface area contributed by atoms with Crippen LogP contribution in [0.5, 0.6) is 17.2 Å². The summed E-state index contributed by atoms with van der Waals surface area (Å²) in [7, 11) is 1.63. The average Bonchev–Trinajstić information content (AvgIpc) is 2.41. The molecule has 0 saturated heterocycles. The summed E-state index contributed by atoms with van der Waals surface area (Å²) in [5.41, 5.74) is 2.86. The Morgan fingerprint density at radius 3 is 2.58 bits per heavy atom. The van der Waals surface area contributed by atoms with Gasteiger partial charge in [-0.25, -0.2) is 0 Å². The summed E-state index contributed by atoms with van der Waals surface area (Å²) in [6.07, 6.45) is 1.73. The number of aryl methyl sites for hydroxylation is 2. The second-order valence-electron chi connectivity index (χ2n) is 4.32. The molecule has 0 aliphatic heterocycles. The molecule has 2 rings (SSSR count). The third-order valence-corrected chi connectivity index (χ3v) is 3.05. The predicted octanol–water partition coefficient (Wildman–Crippen LogP) is 4.24. The average molecular weight is 278 g/mol. The minimum absolute atomic E-state index is 0.358. The molecule has 0 amide bonds. The molecule has 1 heterocycles. The van der Waals surface area contributed by atoms with Crippen molar-refractivity contribution in [3.63, 3.8) is 0 Å². The molecule has 0 unspecified atom stereocenters. The highest BCUT2D eigenvalue weighted by molar-refractivity contribution is 6.17. The van der Waals surface area contributed by atoms with E-state index >= 15 is 0 Å². The molecule has 1 aromatic carbocycles. The fourth-order valence-electron chi connectivity index (χ4n) is 1.74. The van der Waals surface area contributed by atoms with Gasteiger partial charge in [0.15, 0.2) is 11.5 Å². The van der Waals surface area contributed by atoms with Crippen molar-refractivity contribution in [2.24, 2.45) is 0 Å². The van der Waals surface area contributed by atoms with E-state index in [2.05, 4.69) is 4.98 Å². The standard InChI is InChI=1S/C15H16ClNO2/c1-10-4-5-13(15(6-10)18-3)19-14-7-11(2)17-9-12(14)8-16/h4-7,9H,8H2,1-3H3. The summed E-state index contributed by atoms with van der Waals surface area (Å²) in [4.78, 5) is 4.21. The Kier molecular flexibility index (Phi) is 4.27. The van der Waals surface area contributed by atoms with Crippen molar-refractivity contribution in [3.8, 4) is 17.2 Å². The molecule has 4 heteroatoms. The van der Waals surface area contributed by atoms with E-state index in [1.165, 1.54) is 0 Å². The molecule has 0 fully saturated rings. The first-order valence-electron chi connectivity index (χ1n) is 5.98. The number of halogens is 1. The van der Waals surface area contributed by atoms with Crippen molar-refractivity contribution in [2.75, 3.05) is 7.11 Å². The van der Waals surface area contributed by atoms with Crippen molar-refractivity contribution >= 4 is 11.6 Å². The number of aromatic nitrogens is 1. The predicted molar refractivity (Wildman–Crippen MR) is 76.3 cm³/mol. The first-order chi connectivity index (χ1) is 9.13. The largest absolute Gasteiger partial charge is 0.493 e. The fourth-order valence-corrected chi connectivity index (χ4v) is 1.94. The van der Waals surface area contributed by atoms with Crippen molar-refractivity contribution in [1.82, 2.24) is 4.98 Å². The lowest BCUT2D eigenvalue weighted by molar-refractivity contribution is 0.377. The zero-order valence-electron chi connectivity index (χ0n) is 11.2. The summed E-state index contributed by atoms with van der Waals surface area (Å²) >= 11 is 5.90. The smallest absolute Gasteiger partial charge is 0.169 e. The van der Waals surface area contributed by atoms with Crippen LogP contribution < -0.4 is 9.47 Å². The summed E-state index contributed by atoms with van der Waals surface area (Å²) in [5, 5.41) is 0. The molecule has 0 aliphatic carbocycles. The number of hydrogen-bond donors (Lipinski definition) is 0. The monoisotopic (exact) mass is 277 g/mol. The third kappa shape index (κ3) is 3.18. The van der Waals surface area contributed by atoms with Gasteiger partial charge in [-0.1, -0.05) is 6.07 Å². The molecule has 0 bridgehead atoms. The Morgan fingerprint density at radius 2 is 1.89 bits per heavy atom. The summed E-state index contributed by atoms with van der Waals surface area (Å²) in [6, 6.07) is 7.68. The highest BCUT2D eigenvalue weighted by atomic mass is 35.5. The van der Waals surface area contributed by atoms with Crippen LogP contribution in [-0.2, 0) is 5.88 Å². The molecule has 2 aromatic rings. The number of hydrogen-bond acceptors (Lipinski definition) is 3. The van der Waals surface area contributed by atoms with Gasteiger partial charge in [0.25, 0.3) is 0 Å². The van der Waals surface area contributed by atoms with E-state index in [0.717, 1.165) is 16.8 Å². The van der Waals surface area contributed by atoms with Crippen molar-refractivity contribution in [2.45, 2.75) is 19.7 Å². The second kappa shape index (κ2) is 5.93. The van der Waals surface area contributed by atoms with E-state index in [9.17, 15) is 0 Å². The van der Waals surface area contributed by atoms with Crippen molar-refractivity contribution in [1.29, 1.82) is 0 Å². The van der Waals surface area contributed by atoms with E-state index in [-0.39, 0.29) is 0 Å². The molecule has 0 atom stereocenters. The summed E-state index contributed by atoms with van der Waals surface area (Å²) in [6.45, 7) is 3.92. The highest BCUT2D eigenvalue weighted by Crippen LogP contribution is 2.34. The Morgan fingerprint density at radius 1 is 1.11 bits per heavy atom. The van der Waals surface area contributed by atoms with Gasteiger partial charge >= 0.3 is 0 Å². The molecule has 0 saturated carbocycles. The lowest BCUT2D eigenvalue weighted by atomic mass is 10.2. The topological polar surface area (TPSA) is 31.4 Å². The van der Waals surface area contributed by atoms with Crippen LogP contribution in [0.25, 0.3) is 0 Å². The molecule has 0 spiro atoms. The lowest BCUT2D eigenvalue weighted by Gasteiger charge is -2.13. The van der Waals surface area contributed by atoms with Gasteiger partial charge in [0.05, 0.1) is 13.0 Å². The first kappa shape index (κ1) is 13.7. The number of alkyl halides is 1. The summed E-state index contributed by atoms with van der Waals surface area (Å²) in [5.74, 6) is 2.45. The minimum atomic E-state index is 0.358. The third-order valence-electron chi connectivity index (χ3n) is 2.76. The van der Waals surface area contributed by atoms with Gasteiger partial charge in [0, 0.05) is 23.5 Å². The van der Waals surface area contributed by atoms with Crippen molar-refractivity contribution in [3.05, 3.63) is 47.3 Å². The van der Waals surface area contributed by atoms with Gasteiger partial charge in [-0.3, -0.25) is 4.98 Å². The van der Waals surface area contributed by atoms with Crippen LogP contribution in [0.3, 0.4) is 0 Å². The van der Waals surface area contributed by atoms with Crippen LogP contribution in [0.15, 0.2) is 30.5 Å². The number of pyridine rings is 1. The second-order valence-corrected chi connectivity index (χ2v) is 4.59. The van der Waals surface area contributed by atoms with E-state index in [4.69, 9.17) is 21.1 Å². The molecular formula is C15H16ClNO2. The molecule has 1 aromatic heterocycles. The van der Waals surface area contributed by atoms with Crippen LogP contribution >= 0.6 is 11.6 Å². The number of rotatable bonds is 4. The quantitative estimate of drug-likeness (QED) is 0.784. The van der Waals surface area contributed by atoms with Gasteiger partial charge in [0.1, 0.15) is 5.75 Å². The van der Waals surface area contributed by atoms with E-state index < -0.39 is 0 Å². The first-order valence-corrected chi connectivity index (χ1v) is 6.51. The van der Waals surface area contributed by atoms with Crippen LogP contribution in [0.2, 0.25) is 0 Å². The number of methoxy groups -OCH3 is 1. The van der Waals surface area contributed by atoms with E-state index in [0.29, 0.717) is 23.1 Å².